The van der Waals surface area contributed by atoms with Gasteiger partial charge in [-0.05, 0) is 36.8 Å². The zero-order chi connectivity index (χ0) is 21.4. The molecule has 2 aromatic heterocycles. The van der Waals surface area contributed by atoms with Crippen LogP contribution < -0.4 is 5.32 Å². The minimum Gasteiger partial charge on any atom is -0.363 e. The van der Waals surface area contributed by atoms with Gasteiger partial charge in [0.15, 0.2) is 5.65 Å². The van der Waals surface area contributed by atoms with Crippen LogP contribution in [-0.4, -0.2) is 28.2 Å². The summed E-state index contributed by atoms with van der Waals surface area (Å²) in [5, 5.41) is 12.2. The predicted molar refractivity (Wildman–Crippen MR) is 119 cm³/mol. The maximum Gasteiger partial charge on any atom is 0.229 e. The zero-order valence-electron chi connectivity index (χ0n) is 16.7. The highest BCUT2D eigenvalue weighted by atomic mass is 32.2. The Labute approximate surface area is 179 Å². The molecule has 8 heteroatoms. The number of nitrogens with one attached hydrogen (secondary N) is 1. The number of fused-ring (bicyclic) bond motifs is 3. The fraction of sp³-hybridized carbons (Fsp3) is 0.0870. The van der Waals surface area contributed by atoms with E-state index in [9.17, 15) is 8.42 Å². The van der Waals surface area contributed by atoms with Gasteiger partial charge in [-0.1, -0.05) is 65.9 Å². The summed E-state index contributed by atoms with van der Waals surface area (Å²) in [5.74, 6) is 0.575. The van der Waals surface area contributed by atoms with Gasteiger partial charge in [0.05, 0.1) is 10.4 Å². The standard InChI is InChI=1S/C23H19N5O2S/c1-16(17-10-4-2-5-11-17)24-21-19-14-8-9-15-20(19)28-22(25-21)23(26-27-28)31(29,30)18-12-6-3-7-13-18/h2-16H,1H3,(H,24,25)/t16-/m1/s1. The highest BCUT2D eigenvalue weighted by molar-refractivity contribution is 7.91. The van der Waals surface area contributed by atoms with E-state index in [2.05, 4.69) is 20.6 Å². The minimum atomic E-state index is -3.87. The lowest BCUT2D eigenvalue weighted by atomic mass is 10.1. The van der Waals surface area contributed by atoms with Crippen molar-refractivity contribution in [1.29, 1.82) is 0 Å². The zero-order valence-corrected chi connectivity index (χ0v) is 17.5. The van der Waals surface area contributed by atoms with Crippen LogP contribution in [0.2, 0.25) is 0 Å². The molecule has 0 spiro atoms. The number of hydrogen-bond donors (Lipinski definition) is 1. The van der Waals surface area contributed by atoms with Crippen molar-refractivity contribution in [3.8, 4) is 0 Å². The molecule has 0 aliphatic heterocycles. The first-order valence-corrected chi connectivity index (χ1v) is 11.3. The van der Waals surface area contributed by atoms with E-state index in [1.807, 2.05) is 61.5 Å². The number of hydrogen-bond acceptors (Lipinski definition) is 6. The van der Waals surface area contributed by atoms with Crippen molar-refractivity contribution in [1.82, 2.24) is 19.8 Å². The van der Waals surface area contributed by atoms with Crippen LogP contribution >= 0.6 is 0 Å². The van der Waals surface area contributed by atoms with Gasteiger partial charge in [0.2, 0.25) is 14.9 Å². The third-order valence-electron chi connectivity index (χ3n) is 5.18. The third kappa shape index (κ3) is 3.30. The molecular weight excluding hydrogens is 410 g/mol. The average molecular weight is 430 g/mol. The van der Waals surface area contributed by atoms with Crippen molar-refractivity contribution < 1.29 is 8.42 Å². The molecule has 0 radical (unpaired) electrons. The molecule has 1 N–H and O–H groups in total. The summed E-state index contributed by atoms with van der Waals surface area (Å²) in [4.78, 5) is 4.82. The van der Waals surface area contributed by atoms with Gasteiger partial charge in [0, 0.05) is 11.4 Å². The fourth-order valence-electron chi connectivity index (χ4n) is 3.57. The normalized spacial score (nSPS) is 12.8. The van der Waals surface area contributed by atoms with Gasteiger partial charge in [-0.25, -0.2) is 13.4 Å². The lowest BCUT2D eigenvalue weighted by Crippen LogP contribution is -2.10. The highest BCUT2D eigenvalue weighted by Gasteiger charge is 2.27. The van der Waals surface area contributed by atoms with E-state index in [0.717, 1.165) is 16.5 Å². The molecule has 0 bridgehead atoms. The summed E-state index contributed by atoms with van der Waals surface area (Å²) in [6.07, 6.45) is 0. The maximum absolute atomic E-state index is 13.2. The second-order valence-corrected chi connectivity index (χ2v) is 9.07. The molecule has 0 aliphatic rings. The molecule has 2 heterocycles. The fourth-order valence-corrected chi connectivity index (χ4v) is 4.83. The van der Waals surface area contributed by atoms with Gasteiger partial charge >= 0.3 is 0 Å². The Morgan fingerprint density at radius 2 is 1.52 bits per heavy atom. The Hall–Kier alpha value is -3.78. The molecule has 154 valence electrons. The quantitative estimate of drug-likeness (QED) is 0.448. The lowest BCUT2D eigenvalue weighted by molar-refractivity contribution is 0.592. The molecule has 0 fully saturated rings. The second-order valence-electron chi connectivity index (χ2n) is 7.20. The highest BCUT2D eigenvalue weighted by Crippen LogP contribution is 2.29. The Kier molecular flexibility index (Phi) is 4.63. The summed E-state index contributed by atoms with van der Waals surface area (Å²) in [6.45, 7) is 2.03. The van der Waals surface area contributed by atoms with Crippen LogP contribution in [0.4, 0.5) is 5.82 Å². The smallest absolute Gasteiger partial charge is 0.229 e. The van der Waals surface area contributed by atoms with E-state index in [4.69, 9.17) is 0 Å². The molecule has 0 unspecified atom stereocenters. The third-order valence-corrected chi connectivity index (χ3v) is 6.85. The number of nitrogens with zero attached hydrogens (tertiary/aromatic N) is 4. The number of rotatable bonds is 5. The Morgan fingerprint density at radius 1 is 0.871 bits per heavy atom. The number of sulfone groups is 1. The SMILES string of the molecule is C[C@@H](Nc1nc2c(S(=O)(=O)c3ccccc3)nnn2c2ccccc12)c1ccccc1. The summed E-state index contributed by atoms with van der Waals surface area (Å²) in [7, 11) is -3.87. The minimum absolute atomic E-state index is 0.0374. The van der Waals surface area contributed by atoms with E-state index in [-0.39, 0.29) is 21.6 Å². The van der Waals surface area contributed by atoms with Gasteiger partial charge in [-0.2, -0.15) is 4.52 Å². The first-order valence-electron chi connectivity index (χ1n) is 9.81. The van der Waals surface area contributed by atoms with Gasteiger partial charge < -0.3 is 5.32 Å². The van der Waals surface area contributed by atoms with Gasteiger partial charge in [0.25, 0.3) is 0 Å². The average Bonchev–Trinajstić information content (AvgIpc) is 3.25. The molecule has 3 aromatic carbocycles. The van der Waals surface area contributed by atoms with Crippen molar-refractivity contribution >= 4 is 32.2 Å². The van der Waals surface area contributed by atoms with Crippen LogP contribution in [0.15, 0.2) is 94.9 Å². The van der Waals surface area contributed by atoms with Crippen LogP contribution in [0, 0.1) is 0 Å². The van der Waals surface area contributed by atoms with Crippen molar-refractivity contribution in [2.24, 2.45) is 0 Å². The van der Waals surface area contributed by atoms with Crippen molar-refractivity contribution in [2.45, 2.75) is 22.9 Å². The van der Waals surface area contributed by atoms with Gasteiger partial charge in [-0.15, -0.1) is 5.10 Å². The van der Waals surface area contributed by atoms with E-state index in [1.54, 1.807) is 18.2 Å². The molecule has 5 aromatic rings. The van der Waals surface area contributed by atoms with Crippen LogP contribution in [0.5, 0.6) is 0 Å². The Bertz CT molecular complexity index is 1480. The number of benzene rings is 3. The van der Waals surface area contributed by atoms with E-state index >= 15 is 0 Å². The van der Waals surface area contributed by atoms with Gasteiger partial charge in [0.1, 0.15) is 5.82 Å². The van der Waals surface area contributed by atoms with Crippen LogP contribution in [0.3, 0.4) is 0 Å². The molecule has 31 heavy (non-hydrogen) atoms. The molecule has 0 amide bonds. The summed E-state index contributed by atoms with van der Waals surface area (Å²) < 4.78 is 27.9. The molecular formula is C23H19N5O2S. The molecule has 0 saturated carbocycles. The summed E-state index contributed by atoms with van der Waals surface area (Å²) in [6, 6.07) is 25.7. The van der Waals surface area contributed by atoms with Crippen molar-refractivity contribution in [3.63, 3.8) is 0 Å². The maximum atomic E-state index is 13.2. The van der Waals surface area contributed by atoms with Crippen LogP contribution in [0.25, 0.3) is 16.6 Å². The van der Waals surface area contributed by atoms with Crippen LogP contribution in [0.1, 0.15) is 18.5 Å². The van der Waals surface area contributed by atoms with E-state index < -0.39 is 9.84 Å². The van der Waals surface area contributed by atoms with E-state index in [1.165, 1.54) is 16.6 Å². The largest absolute Gasteiger partial charge is 0.363 e. The molecule has 0 aliphatic carbocycles. The Balaban J connectivity index is 1.70. The first kappa shape index (κ1) is 19.2. The van der Waals surface area contributed by atoms with Gasteiger partial charge in [-0.3, -0.25) is 0 Å². The lowest BCUT2D eigenvalue weighted by Gasteiger charge is -2.17. The number of aromatic nitrogens is 4. The van der Waals surface area contributed by atoms with Crippen molar-refractivity contribution in [3.05, 3.63) is 90.5 Å². The number of para-hydroxylation sites is 1. The summed E-state index contributed by atoms with van der Waals surface area (Å²) >= 11 is 0. The monoisotopic (exact) mass is 429 g/mol. The first-order chi connectivity index (χ1) is 15.1. The molecule has 1 atom stereocenters. The predicted octanol–water partition coefficient (Wildman–Crippen LogP) is 4.28. The van der Waals surface area contributed by atoms with Crippen molar-refractivity contribution in [2.75, 3.05) is 5.32 Å². The summed E-state index contributed by atoms with van der Waals surface area (Å²) in [5.41, 5.74) is 2.00. The molecule has 5 rings (SSSR count). The molecule has 7 nitrogen and oxygen atoms in total. The van der Waals surface area contributed by atoms with Crippen LogP contribution in [-0.2, 0) is 9.84 Å². The number of anilines is 1. The second kappa shape index (κ2) is 7.48. The topological polar surface area (TPSA) is 89.2 Å². The van der Waals surface area contributed by atoms with E-state index in [0.29, 0.717) is 5.82 Å². The molecule has 0 saturated heterocycles. The Morgan fingerprint density at radius 3 is 2.26 bits per heavy atom.